The summed E-state index contributed by atoms with van der Waals surface area (Å²) in [5, 5.41) is 9.52. The van der Waals surface area contributed by atoms with Gasteiger partial charge in [0.1, 0.15) is 23.1 Å². The maximum Gasteiger partial charge on any atom is 0.226 e. The van der Waals surface area contributed by atoms with Gasteiger partial charge in [0, 0.05) is 24.4 Å². The predicted molar refractivity (Wildman–Crippen MR) is 99.3 cm³/mol. The average molecular weight is 371 g/mol. The molecule has 7 heteroatoms. The zero-order valence-electron chi connectivity index (χ0n) is 14.8. The number of carbonyl (C=O) groups is 1. The van der Waals surface area contributed by atoms with Gasteiger partial charge in [0.2, 0.25) is 5.91 Å². The Hall–Kier alpha value is -2.67. The average Bonchev–Trinajstić information content (AvgIpc) is 3.23. The number of benzene rings is 1. The number of carbonyl (C=O) groups excluding carboxylic acids is 1. The number of hydrogen-bond donors (Lipinski definition) is 1. The Bertz CT molecular complexity index is 855. The number of rotatable bonds is 8. The fraction of sp³-hybridized carbons (Fsp3) is 0.316. The van der Waals surface area contributed by atoms with Gasteiger partial charge in [0.05, 0.1) is 17.8 Å². The second-order valence-corrected chi connectivity index (χ2v) is 6.98. The van der Waals surface area contributed by atoms with Crippen molar-refractivity contribution < 1.29 is 14.1 Å². The van der Waals surface area contributed by atoms with Gasteiger partial charge in [-0.3, -0.25) is 4.79 Å². The molecule has 0 spiro atoms. The molecule has 0 aliphatic heterocycles. The SMILES string of the molecule is Cc1ccc(OCc2nc(CC(=O)NCCc3cc(C)on3)cs2)cc1. The van der Waals surface area contributed by atoms with E-state index in [1.807, 2.05) is 49.6 Å². The third-order valence-electron chi connectivity index (χ3n) is 3.70. The highest BCUT2D eigenvalue weighted by atomic mass is 32.1. The van der Waals surface area contributed by atoms with Crippen molar-refractivity contribution in [1.82, 2.24) is 15.5 Å². The lowest BCUT2D eigenvalue weighted by molar-refractivity contribution is -0.120. The number of amides is 1. The van der Waals surface area contributed by atoms with Gasteiger partial charge in [0.15, 0.2) is 0 Å². The fourth-order valence-corrected chi connectivity index (χ4v) is 3.07. The Morgan fingerprint density at radius 1 is 1.23 bits per heavy atom. The molecule has 3 rings (SSSR count). The second kappa shape index (κ2) is 8.62. The zero-order chi connectivity index (χ0) is 18.4. The van der Waals surface area contributed by atoms with Gasteiger partial charge < -0.3 is 14.6 Å². The van der Waals surface area contributed by atoms with Gasteiger partial charge in [-0.1, -0.05) is 22.9 Å². The third-order valence-corrected chi connectivity index (χ3v) is 4.58. The van der Waals surface area contributed by atoms with Crippen molar-refractivity contribution in [2.75, 3.05) is 6.54 Å². The summed E-state index contributed by atoms with van der Waals surface area (Å²) in [6.45, 7) is 4.81. The first-order valence-electron chi connectivity index (χ1n) is 8.40. The molecule has 0 bridgehead atoms. The Labute approximate surface area is 156 Å². The highest BCUT2D eigenvalue weighted by Gasteiger charge is 2.09. The molecule has 0 atom stereocenters. The van der Waals surface area contributed by atoms with E-state index in [0.717, 1.165) is 27.9 Å². The van der Waals surface area contributed by atoms with Crippen LogP contribution in [0.5, 0.6) is 5.75 Å². The molecule has 1 N–H and O–H groups in total. The van der Waals surface area contributed by atoms with Crippen molar-refractivity contribution in [3.05, 3.63) is 63.4 Å². The van der Waals surface area contributed by atoms with Gasteiger partial charge in [-0.05, 0) is 26.0 Å². The van der Waals surface area contributed by atoms with Gasteiger partial charge >= 0.3 is 0 Å². The zero-order valence-corrected chi connectivity index (χ0v) is 15.6. The smallest absolute Gasteiger partial charge is 0.226 e. The van der Waals surface area contributed by atoms with Crippen LogP contribution >= 0.6 is 11.3 Å². The Kier molecular flexibility index (Phi) is 6.01. The molecule has 0 unspecified atom stereocenters. The number of ether oxygens (including phenoxy) is 1. The first-order chi connectivity index (χ1) is 12.6. The maximum atomic E-state index is 12.0. The van der Waals surface area contributed by atoms with Crippen LogP contribution in [0.1, 0.15) is 27.7 Å². The molecule has 6 nitrogen and oxygen atoms in total. The van der Waals surface area contributed by atoms with Crippen LogP contribution in [0.15, 0.2) is 40.2 Å². The Morgan fingerprint density at radius 2 is 2.04 bits per heavy atom. The summed E-state index contributed by atoms with van der Waals surface area (Å²) in [6.07, 6.45) is 0.911. The number of thiazole rings is 1. The van der Waals surface area contributed by atoms with Crippen molar-refractivity contribution in [3.8, 4) is 5.75 Å². The molecule has 0 aliphatic rings. The molecule has 0 fully saturated rings. The lowest BCUT2D eigenvalue weighted by Gasteiger charge is -2.04. The van der Waals surface area contributed by atoms with Crippen molar-refractivity contribution in [2.45, 2.75) is 33.3 Å². The van der Waals surface area contributed by atoms with Gasteiger partial charge in [-0.25, -0.2) is 4.98 Å². The first-order valence-corrected chi connectivity index (χ1v) is 9.28. The number of aromatic nitrogens is 2. The largest absolute Gasteiger partial charge is 0.486 e. The molecule has 136 valence electrons. The number of nitrogens with one attached hydrogen (secondary N) is 1. The highest BCUT2D eigenvalue weighted by molar-refractivity contribution is 7.09. The van der Waals surface area contributed by atoms with E-state index in [1.54, 1.807) is 0 Å². The van der Waals surface area contributed by atoms with Crippen LogP contribution in [-0.4, -0.2) is 22.6 Å². The molecule has 0 saturated heterocycles. The minimum Gasteiger partial charge on any atom is -0.486 e. The van der Waals surface area contributed by atoms with Crippen molar-refractivity contribution in [1.29, 1.82) is 0 Å². The predicted octanol–water partition coefficient (Wildman–Crippen LogP) is 3.23. The van der Waals surface area contributed by atoms with E-state index in [-0.39, 0.29) is 12.3 Å². The fourth-order valence-electron chi connectivity index (χ4n) is 2.37. The van der Waals surface area contributed by atoms with E-state index in [2.05, 4.69) is 15.5 Å². The normalized spacial score (nSPS) is 10.7. The van der Waals surface area contributed by atoms with Crippen LogP contribution < -0.4 is 10.1 Å². The quantitative estimate of drug-likeness (QED) is 0.658. The number of aryl methyl sites for hydroxylation is 2. The van der Waals surface area contributed by atoms with Gasteiger partial charge in [-0.2, -0.15) is 0 Å². The van der Waals surface area contributed by atoms with Gasteiger partial charge in [0.25, 0.3) is 0 Å². The van der Waals surface area contributed by atoms with E-state index in [4.69, 9.17) is 9.26 Å². The van der Waals surface area contributed by atoms with Crippen LogP contribution in [0.3, 0.4) is 0 Å². The van der Waals surface area contributed by atoms with Crippen LogP contribution in [-0.2, 0) is 24.2 Å². The van der Waals surface area contributed by atoms with Crippen LogP contribution in [0.2, 0.25) is 0 Å². The second-order valence-electron chi connectivity index (χ2n) is 6.04. The van der Waals surface area contributed by atoms with Crippen LogP contribution in [0.4, 0.5) is 0 Å². The third kappa shape index (κ3) is 5.42. The summed E-state index contributed by atoms with van der Waals surface area (Å²) in [7, 11) is 0. The topological polar surface area (TPSA) is 77.2 Å². The minimum absolute atomic E-state index is 0.0541. The molecule has 1 amide bonds. The summed E-state index contributed by atoms with van der Waals surface area (Å²) in [5.74, 6) is 1.53. The molecule has 26 heavy (non-hydrogen) atoms. The standard InChI is InChI=1S/C19H21N3O3S/c1-13-3-5-17(6-4-13)24-11-19-21-16(12-26-19)10-18(23)20-8-7-15-9-14(2)25-22-15/h3-6,9,12H,7-8,10-11H2,1-2H3,(H,20,23). The molecule has 0 saturated carbocycles. The summed E-state index contributed by atoms with van der Waals surface area (Å²) in [4.78, 5) is 16.5. The van der Waals surface area contributed by atoms with Gasteiger partial charge in [-0.15, -0.1) is 11.3 Å². The first kappa shape index (κ1) is 18.1. The van der Waals surface area contributed by atoms with Crippen molar-refractivity contribution >= 4 is 17.2 Å². The lowest BCUT2D eigenvalue weighted by Crippen LogP contribution is -2.27. The molecule has 0 radical (unpaired) electrons. The van der Waals surface area contributed by atoms with Crippen LogP contribution in [0.25, 0.3) is 0 Å². The number of nitrogens with zero attached hydrogens (tertiary/aromatic N) is 2. The van der Waals surface area contributed by atoms with Crippen LogP contribution in [0, 0.1) is 13.8 Å². The van der Waals surface area contributed by atoms with E-state index >= 15 is 0 Å². The van der Waals surface area contributed by atoms with Crippen molar-refractivity contribution in [2.24, 2.45) is 0 Å². The summed E-state index contributed by atoms with van der Waals surface area (Å²) >= 11 is 1.50. The minimum atomic E-state index is -0.0541. The summed E-state index contributed by atoms with van der Waals surface area (Å²) in [6, 6.07) is 9.76. The van der Waals surface area contributed by atoms with E-state index in [0.29, 0.717) is 19.6 Å². The summed E-state index contributed by atoms with van der Waals surface area (Å²) in [5.41, 5.74) is 2.79. The molecule has 3 aromatic rings. The Morgan fingerprint density at radius 3 is 2.77 bits per heavy atom. The highest BCUT2D eigenvalue weighted by Crippen LogP contribution is 2.16. The Balaban J connectivity index is 1.41. The number of hydrogen-bond acceptors (Lipinski definition) is 6. The van der Waals surface area contributed by atoms with E-state index < -0.39 is 0 Å². The maximum absolute atomic E-state index is 12.0. The molecular formula is C19H21N3O3S. The summed E-state index contributed by atoms with van der Waals surface area (Å²) < 4.78 is 10.7. The molecular weight excluding hydrogens is 350 g/mol. The molecule has 0 aliphatic carbocycles. The van der Waals surface area contributed by atoms with E-state index in [9.17, 15) is 4.79 Å². The van der Waals surface area contributed by atoms with Crippen molar-refractivity contribution in [3.63, 3.8) is 0 Å². The lowest BCUT2D eigenvalue weighted by atomic mass is 10.2. The molecule has 2 heterocycles. The molecule has 2 aromatic heterocycles. The monoisotopic (exact) mass is 371 g/mol. The molecule has 1 aromatic carbocycles. The van der Waals surface area contributed by atoms with E-state index in [1.165, 1.54) is 16.9 Å².